The Balaban J connectivity index is 2.60. The number of fused-ring (bicyclic) bond motifs is 1. The van der Waals surface area contributed by atoms with E-state index in [0.29, 0.717) is 16.6 Å². The lowest BCUT2D eigenvalue weighted by Crippen LogP contribution is -2.06. The molecular formula is C12H9Br2NO2. The van der Waals surface area contributed by atoms with Crippen molar-refractivity contribution >= 4 is 48.7 Å². The summed E-state index contributed by atoms with van der Waals surface area (Å²) in [5, 5.41) is 0.880. The first-order valence-corrected chi connectivity index (χ1v) is 6.63. The molecule has 0 N–H and O–H groups in total. The number of benzene rings is 1. The molecule has 0 saturated heterocycles. The van der Waals surface area contributed by atoms with Crippen LogP contribution >= 0.6 is 31.9 Å². The van der Waals surface area contributed by atoms with Crippen molar-refractivity contribution in [3.8, 4) is 0 Å². The summed E-state index contributed by atoms with van der Waals surface area (Å²) in [5.74, 6) is -0.367. The third-order valence-corrected chi connectivity index (χ3v) is 3.61. The van der Waals surface area contributed by atoms with Crippen molar-refractivity contribution in [3.05, 3.63) is 38.9 Å². The smallest absolute Gasteiger partial charge is 0.340 e. The van der Waals surface area contributed by atoms with Crippen molar-refractivity contribution in [2.75, 3.05) is 6.61 Å². The number of pyridine rings is 1. The Bertz CT molecular complexity index is 584. The lowest BCUT2D eigenvalue weighted by molar-refractivity contribution is 0.0525. The Kier molecular flexibility index (Phi) is 3.79. The van der Waals surface area contributed by atoms with Gasteiger partial charge in [0.25, 0.3) is 0 Å². The summed E-state index contributed by atoms with van der Waals surface area (Å²) >= 11 is 6.82. The topological polar surface area (TPSA) is 39.2 Å². The Morgan fingerprint density at radius 3 is 2.88 bits per heavy atom. The van der Waals surface area contributed by atoms with E-state index in [4.69, 9.17) is 4.74 Å². The molecule has 0 atom stereocenters. The summed E-state index contributed by atoms with van der Waals surface area (Å²) in [6.07, 6.45) is 1.53. The highest BCUT2D eigenvalue weighted by molar-refractivity contribution is 9.11. The van der Waals surface area contributed by atoms with E-state index in [2.05, 4.69) is 36.8 Å². The first-order chi connectivity index (χ1) is 8.13. The normalized spacial score (nSPS) is 10.5. The molecule has 0 aliphatic carbocycles. The number of hydrogen-bond donors (Lipinski definition) is 0. The fraction of sp³-hybridized carbons (Fsp3) is 0.167. The molecular weight excluding hydrogens is 350 g/mol. The van der Waals surface area contributed by atoms with Crippen LogP contribution in [0.4, 0.5) is 0 Å². The predicted octanol–water partition coefficient (Wildman–Crippen LogP) is 3.94. The third kappa shape index (κ3) is 2.50. The molecule has 1 heterocycles. The van der Waals surface area contributed by atoms with Crippen molar-refractivity contribution in [3.63, 3.8) is 0 Å². The summed E-state index contributed by atoms with van der Waals surface area (Å²) in [6, 6.07) is 5.71. The second-order valence-electron chi connectivity index (χ2n) is 3.37. The zero-order valence-corrected chi connectivity index (χ0v) is 12.2. The van der Waals surface area contributed by atoms with Crippen LogP contribution in [0.5, 0.6) is 0 Å². The highest BCUT2D eigenvalue weighted by atomic mass is 79.9. The molecule has 0 unspecified atom stereocenters. The number of ether oxygens (including phenoxy) is 1. The zero-order chi connectivity index (χ0) is 12.4. The Morgan fingerprint density at radius 2 is 2.18 bits per heavy atom. The maximum absolute atomic E-state index is 11.7. The Hall–Kier alpha value is -0.940. The summed E-state index contributed by atoms with van der Waals surface area (Å²) in [5.41, 5.74) is 1.27. The van der Waals surface area contributed by atoms with Crippen LogP contribution in [0.25, 0.3) is 10.9 Å². The van der Waals surface area contributed by atoms with Crippen LogP contribution in [0, 0.1) is 0 Å². The average molecular weight is 359 g/mol. The number of carbonyl (C=O) groups excluding carboxylic acids is 1. The van der Waals surface area contributed by atoms with Crippen LogP contribution in [0.1, 0.15) is 17.3 Å². The van der Waals surface area contributed by atoms with E-state index < -0.39 is 0 Å². The molecule has 0 amide bonds. The van der Waals surface area contributed by atoms with Gasteiger partial charge in [-0.2, -0.15) is 0 Å². The molecule has 17 heavy (non-hydrogen) atoms. The van der Waals surface area contributed by atoms with Crippen LogP contribution in [0.15, 0.2) is 33.3 Å². The second-order valence-corrected chi connectivity index (χ2v) is 5.08. The lowest BCUT2D eigenvalue weighted by Gasteiger charge is -2.07. The van der Waals surface area contributed by atoms with Gasteiger partial charge in [0, 0.05) is 20.5 Å². The minimum Gasteiger partial charge on any atom is -0.462 e. The van der Waals surface area contributed by atoms with Crippen molar-refractivity contribution in [1.29, 1.82) is 0 Å². The molecule has 0 aliphatic heterocycles. The van der Waals surface area contributed by atoms with Gasteiger partial charge in [-0.3, -0.25) is 4.98 Å². The molecule has 1 aromatic carbocycles. The van der Waals surface area contributed by atoms with E-state index in [1.807, 2.05) is 18.2 Å². The minimum absolute atomic E-state index is 0.349. The summed E-state index contributed by atoms with van der Waals surface area (Å²) in [6.45, 7) is 2.12. The standard InChI is InChI=1S/C12H9Br2NO2/c1-2-17-12(16)9-6-15-10-4-3-7(13)5-8(10)11(9)14/h3-6H,2H2,1H3. The molecule has 88 valence electrons. The van der Waals surface area contributed by atoms with Gasteiger partial charge in [0.1, 0.15) is 0 Å². The van der Waals surface area contributed by atoms with Gasteiger partial charge in [0.05, 0.1) is 17.7 Å². The van der Waals surface area contributed by atoms with E-state index >= 15 is 0 Å². The van der Waals surface area contributed by atoms with Gasteiger partial charge in [0.2, 0.25) is 0 Å². The largest absolute Gasteiger partial charge is 0.462 e. The van der Waals surface area contributed by atoms with Crippen LogP contribution in [0.3, 0.4) is 0 Å². The van der Waals surface area contributed by atoms with E-state index in [1.165, 1.54) is 6.20 Å². The van der Waals surface area contributed by atoms with E-state index in [9.17, 15) is 4.79 Å². The second kappa shape index (κ2) is 5.14. The van der Waals surface area contributed by atoms with E-state index in [1.54, 1.807) is 6.92 Å². The number of halogens is 2. The number of aromatic nitrogens is 1. The molecule has 0 aliphatic rings. The summed E-state index contributed by atoms with van der Waals surface area (Å²) < 4.78 is 6.62. The number of hydrogen-bond acceptors (Lipinski definition) is 3. The van der Waals surface area contributed by atoms with Gasteiger partial charge in [-0.05, 0) is 41.1 Å². The molecule has 0 fully saturated rings. The van der Waals surface area contributed by atoms with Gasteiger partial charge in [-0.25, -0.2) is 4.79 Å². The molecule has 5 heteroatoms. The molecule has 2 aromatic rings. The monoisotopic (exact) mass is 357 g/mol. The molecule has 2 rings (SSSR count). The van der Waals surface area contributed by atoms with E-state index in [-0.39, 0.29) is 5.97 Å². The quantitative estimate of drug-likeness (QED) is 0.763. The molecule has 0 saturated carbocycles. The van der Waals surface area contributed by atoms with Gasteiger partial charge in [-0.15, -0.1) is 0 Å². The predicted molar refractivity (Wildman–Crippen MR) is 73.1 cm³/mol. The maximum Gasteiger partial charge on any atom is 0.340 e. The Morgan fingerprint density at radius 1 is 1.41 bits per heavy atom. The van der Waals surface area contributed by atoms with Crippen molar-refractivity contribution in [2.45, 2.75) is 6.92 Å². The fourth-order valence-electron chi connectivity index (χ4n) is 1.48. The highest BCUT2D eigenvalue weighted by Crippen LogP contribution is 2.28. The van der Waals surface area contributed by atoms with Crippen LogP contribution < -0.4 is 0 Å². The fourth-order valence-corrected chi connectivity index (χ4v) is 2.43. The Labute approximate surface area is 115 Å². The number of carbonyl (C=O) groups is 1. The van der Waals surface area contributed by atoms with Gasteiger partial charge in [-0.1, -0.05) is 15.9 Å². The highest BCUT2D eigenvalue weighted by Gasteiger charge is 2.14. The molecule has 0 spiro atoms. The summed E-state index contributed by atoms with van der Waals surface area (Å²) in [7, 11) is 0. The molecule has 0 radical (unpaired) electrons. The van der Waals surface area contributed by atoms with Crippen LogP contribution in [0.2, 0.25) is 0 Å². The van der Waals surface area contributed by atoms with Gasteiger partial charge < -0.3 is 4.74 Å². The van der Waals surface area contributed by atoms with Crippen molar-refractivity contribution < 1.29 is 9.53 Å². The lowest BCUT2D eigenvalue weighted by atomic mass is 10.1. The molecule has 3 nitrogen and oxygen atoms in total. The third-order valence-electron chi connectivity index (χ3n) is 2.26. The van der Waals surface area contributed by atoms with Gasteiger partial charge >= 0.3 is 5.97 Å². The maximum atomic E-state index is 11.7. The number of esters is 1. The molecule has 0 bridgehead atoms. The first kappa shape index (κ1) is 12.5. The SMILES string of the molecule is CCOC(=O)c1cnc2ccc(Br)cc2c1Br. The average Bonchev–Trinajstić information content (AvgIpc) is 2.30. The number of rotatable bonds is 2. The van der Waals surface area contributed by atoms with Crippen molar-refractivity contribution in [2.24, 2.45) is 0 Å². The van der Waals surface area contributed by atoms with E-state index in [0.717, 1.165) is 15.4 Å². The van der Waals surface area contributed by atoms with Crippen LogP contribution in [-0.4, -0.2) is 17.6 Å². The zero-order valence-electron chi connectivity index (χ0n) is 9.04. The number of nitrogens with zero attached hydrogens (tertiary/aromatic N) is 1. The van der Waals surface area contributed by atoms with Crippen molar-refractivity contribution in [1.82, 2.24) is 4.98 Å². The minimum atomic E-state index is -0.367. The summed E-state index contributed by atoms with van der Waals surface area (Å²) in [4.78, 5) is 15.9. The van der Waals surface area contributed by atoms with Crippen LogP contribution in [-0.2, 0) is 4.74 Å². The first-order valence-electron chi connectivity index (χ1n) is 5.04. The molecule has 1 aromatic heterocycles. The van der Waals surface area contributed by atoms with Gasteiger partial charge in [0.15, 0.2) is 0 Å².